The van der Waals surface area contributed by atoms with Gasteiger partial charge in [-0.15, -0.1) is 0 Å². The van der Waals surface area contributed by atoms with E-state index in [2.05, 4.69) is 22.8 Å². The molecule has 0 aliphatic carbocycles. The summed E-state index contributed by atoms with van der Waals surface area (Å²) in [6.07, 6.45) is 1.08. The first-order valence-electron chi connectivity index (χ1n) is 4.91. The van der Waals surface area contributed by atoms with Gasteiger partial charge < -0.3 is 15.4 Å². The molecule has 1 atom stereocenters. The molecule has 1 aliphatic heterocycles. The number of rotatable bonds is 3. The second-order valence-electron chi connectivity index (χ2n) is 3.63. The SMILES string of the molecule is CNCC1Cc2cc(OC)ccc2N1. The molecular formula is C11H16N2O. The van der Waals surface area contributed by atoms with Crippen molar-refractivity contribution in [2.75, 3.05) is 26.0 Å². The number of hydrogen-bond acceptors (Lipinski definition) is 3. The largest absolute Gasteiger partial charge is 0.497 e. The van der Waals surface area contributed by atoms with Gasteiger partial charge in [0, 0.05) is 18.3 Å². The summed E-state index contributed by atoms with van der Waals surface area (Å²) in [5, 5.41) is 6.65. The highest BCUT2D eigenvalue weighted by Gasteiger charge is 2.19. The molecule has 0 bridgehead atoms. The zero-order chi connectivity index (χ0) is 9.97. The Morgan fingerprint density at radius 1 is 1.57 bits per heavy atom. The lowest BCUT2D eigenvalue weighted by Crippen LogP contribution is -2.28. The van der Waals surface area contributed by atoms with Crippen molar-refractivity contribution < 1.29 is 4.74 Å². The van der Waals surface area contributed by atoms with Gasteiger partial charge >= 0.3 is 0 Å². The van der Waals surface area contributed by atoms with E-state index in [0.717, 1.165) is 18.7 Å². The summed E-state index contributed by atoms with van der Waals surface area (Å²) in [7, 11) is 3.68. The number of ether oxygens (including phenoxy) is 1. The quantitative estimate of drug-likeness (QED) is 0.756. The summed E-state index contributed by atoms with van der Waals surface area (Å²) < 4.78 is 5.19. The highest BCUT2D eigenvalue weighted by Crippen LogP contribution is 2.28. The minimum Gasteiger partial charge on any atom is -0.497 e. The molecule has 1 aromatic carbocycles. The number of benzene rings is 1. The topological polar surface area (TPSA) is 33.3 Å². The van der Waals surface area contributed by atoms with Gasteiger partial charge in [0.15, 0.2) is 0 Å². The number of fused-ring (bicyclic) bond motifs is 1. The van der Waals surface area contributed by atoms with Crippen molar-refractivity contribution in [3.05, 3.63) is 23.8 Å². The first kappa shape index (κ1) is 9.34. The molecule has 0 saturated heterocycles. The first-order chi connectivity index (χ1) is 6.83. The van der Waals surface area contributed by atoms with Crippen LogP contribution in [0.4, 0.5) is 5.69 Å². The molecule has 2 N–H and O–H groups in total. The molecule has 1 unspecified atom stereocenters. The summed E-state index contributed by atoms with van der Waals surface area (Å²) in [6, 6.07) is 6.71. The van der Waals surface area contributed by atoms with Crippen LogP contribution in [0.3, 0.4) is 0 Å². The maximum absolute atomic E-state index is 5.19. The third-order valence-electron chi connectivity index (χ3n) is 2.59. The van der Waals surface area contributed by atoms with Crippen molar-refractivity contribution in [1.29, 1.82) is 0 Å². The Labute approximate surface area is 84.5 Å². The van der Waals surface area contributed by atoms with Crippen LogP contribution in [0.15, 0.2) is 18.2 Å². The Kier molecular flexibility index (Phi) is 2.59. The summed E-state index contributed by atoms with van der Waals surface area (Å²) in [6.45, 7) is 0.997. The van der Waals surface area contributed by atoms with Crippen LogP contribution >= 0.6 is 0 Å². The minimum atomic E-state index is 0.516. The van der Waals surface area contributed by atoms with Crippen molar-refractivity contribution in [1.82, 2.24) is 5.32 Å². The molecule has 0 saturated carbocycles. The standard InChI is InChI=1S/C11H16N2O/c1-12-7-9-5-8-6-10(14-2)3-4-11(8)13-9/h3-4,6,9,12-13H,5,7H2,1-2H3. The van der Waals surface area contributed by atoms with Crippen molar-refractivity contribution in [3.63, 3.8) is 0 Å². The highest BCUT2D eigenvalue weighted by molar-refractivity contribution is 5.59. The van der Waals surface area contributed by atoms with E-state index in [1.54, 1.807) is 7.11 Å². The molecule has 0 amide bonds. The van der Waals surface area contributed by atoms with Crippen LogP contribution in [-0.2, 0) is 6.42 Å². The van der Waals surface area contributed by atoms with Crippen LogP contribution in [0.2, 0.25) is 0 Å². The average Bonchev–Trinajstić information content (AvgIpc) is 2.59. The number of methoxy groups -OCH3 is 1. The predicted molar refractivity (Wildman–Crippen MR) is 58.0 cm³/mol. The second kappa shape index (κ2) is 3.88. The summed E-state index contributed by atoms with van der Waals surface area (Å²) in [4.78, 5) is 0. The first-order valence-corrected chi connectivity index (χ1v) is 4.91. The number of likely N-dealkylation sites (N-methyl/N-ethyl adjacent to an activating group) is 1. The van der Waals surface area contributed by atoms with E-state index >= 15 is 0 Å². The third-order valence-corrected chi connectivity index (χ3v) is 2.59. The van der Waals surface area contributed by atoms with Crippen molar-refractivity contribution >= 4 is 5.69 Å². The Hall–Kier alpha value is -1.22. The molecule has 3 nitrogen and oxygen atoms in total. The molecule has 0 spiro atoms. The van der Waals surface area contributed by atoms with Gasteiger partial charge in [0.2, 0.25) is 0 Å². The summed E-state index contributed by atoms with van der Waals surface area (Å²) in [5.41, 5.74) is 2.59. The molecule has 0 aromatic heterocycles. The van der Waals surface area contributed by atoms with Gasteiger partial charge in [-0.1, -0.05) is 0 Å². The maximum Gasteiger partial charge on any atom is 0.119 e. The van der Waals surface area contributed by atoms with Crippen LogP contribution in [0, 0.1) is 0 Å². The smallest absolute Gasteiger partial charge is 0.119 e. The van der Waals surface area contributed by atoms with E-state index in [1.165, 1.54) is 11.3 Å². The predicted octanol–water partition coefficient (Wildman–Crippen LogP) is 1.25. The van der Waals surface area contributed by atoms with E-state index in [-0.39, 0.29) is 0 Å². The van der Waals surface area contributed by atoms with Gasteiger partial charge in [-0.2, -0.15) is 0 Å². The Morgan fingerprint density at radius 2 is 2.43 bits per heavy atom. The van der Waals surface area contributed by atoms with Crippen LogP contribution < -0.4 is 15.4 Å². The Balaban J connectivity index is 2.14. The monoisotopic (exact) mass is 192 g/mol. The van der Waals surface area contributed by atoms with Crippen molar-refractivity contribution in [2.45, 2.75) is 12.5 Å². The van der Waals surface area contributed by atoms with Crippen molar-refractivity contribution in [2.24, 2.45) is 0 Å². The molecule has 14 heavy (non-hydrogen) atoms. The molecule has 76 valence electrons. The van der Waals surface area contributed by atoms with Crippen LogP contribution in [0.5, 0.6) is 5.75 Å². The van der Waals surface area contributed by atoms with E-state index in [4.69, 9.17) is 4.74 Å². The van der Waals surface area contributed by atoms with E-state index in [9.17, 15) is 0 Å². The average molecular weight is 192 g/mol. The zero-order valence-electron chi connectivity index (χ0n) is 8.63. The molecule has 0 fully saturated rings. The number of hydrogen-bond donors (Lipinski definition) is 2. The minimum absolute atomic E-state index is 0.516. The fourth-order valence-electron chi connectivity index (χ4n) is 1.91. The lowest BCUT2D eigenvalue weighted by Gasteiger charge is -2.09. The number of nitrogens with one attached hydrogen (secondary N) is 2. The summed E-state index contributed by atoms with van der Waals surface area (Å²) in [5.74, 6) is 0.940. The molecule has 2 rings (SSSR count). The maximum atomic E-state index is 5.19. The molecule has 1 heterocycles. The molecule has 3 heteroatoms. The lowest BCUT2D eigenvalue weighted by molar-refractivity contribution is 0.414. The van der Waals surface area contributed by atoms with E-state index in [0.29, 0.717) is 6.04 Å². The highest BCUT2D eigenvalue weighted by atomic mass is 16.5. The second-order valence-corrected chi connectivity index (χ2v) is 3.63. The van der Waals surface area contributed by atoms with Crippen molar-refractivity contribution in [3.8, 4) is 5.75 Å². The summed E-state index contributed by atoms with van der Waals surface area (Å²) >= 11 is 0. The van der Waals surface area contributed by atoms with Gasteiger partial charge in [0.1, 0.15) is 5.75 Å². The van der Waals surface area contributed by atoms with Gasteiger partial charge in [-0.3, -0.25) is 0 Å². The van der Waals surface area contributed by atoms with Crippen LogP contribution in [0.1, 0.15) is 5.56 Å². The van der Waals surface area contributed by atoms with Crippen LogP contribution in [-0.4, -0.2) is 26.7 Å². The van der Waals surface area contributed by atoms with E-state index in [1.807, 2.05) is 13.1 Å². The van der Waals surface area contributed by atoms with Gasteiger partial charge in [0.25, 0.3) is 0 Å². The van der Waals surface area contributed by atoms with Gasteiger partial charge in [-0.05, 0) is 37.2 Å². The fourth-order valence-corrected chi connectivity index (χ4v) is 1.91. The Morgan fingerprint density at radius 3 is 3.14 bits per heavy atom. The van der Waals surface area contributed by atoms with E-state index < -0.39 is 0 Å². The molecule has 0 radical (unpaired) electrons. The molecular weight excluding hydrogens is 176 g/mol. The normalized spacial score (nSPS) is 18.9. The third kappa shape index (κ3) is 1.68. The van der Waals surface area contributed by atoms with Gasteiger partial charge in [0.05, 0.1) is 7.11 Å². The molecule has 1 aliphatic rings. The van der Waals surface area contributed by atoms with Gasteiger partial charge in [-0.25, -0.2) is 0 Å². The lowest BCUT2D eigenvalue weighted by atomic mass is 10.1. The molecule has 1 aromatic rings. The van der Waals surface area contributed by atoms with Crippen LogP contribution in [0.25, 0.3) is 0 Å². The fraction of sp³-hybridized carbons (Fsp3) is 0.455. The zero-order valence-corrected chi connectivity index (χ0v) is 8.63. The Bertz CT molecular complexity index is 325. The number of anilines is 1.